The molecule has 9 nitrogen and oxygen atoms in total. The van der Waals surface area contributed by atoms with Gasteiger partial charge in [0, 0.05) is 78.2 Å². The normalized spacial score (nSPS) is 18.1. The number of pyridine rings is 2. The fourth-order valence-electron chi connectivity index (χ4n) is 5.64. The van der Waals surface area contributed by atoms with E-state index >= 15 is 0 Å². The average molecular weight is 484 g/mol. The number of hydrogen-bond acceptors (Lipinski definition) is 6. The molecule has 3 aromatic heterocycles. The molecule has 2 aliphatic heterocycles. The summed E-state index contributed by atoms with van der Waals surface area (Å²) in [5, 5.41) is 11.5. The standard InChI is InChI=1S/C27H25N5O4/c1-36-19-2-3-20-21(12-19)30-24-22(13-33)32(26(35)18-6-10-29-11-7-18)16-27(23(20)24)14-31(15-27)25(34)17-4-8-28-9-5-17/h2-12,22,30,33H,13-16H2,1H3/t22-/m1/s1. The number of aliphatic hydroxyl groups excluding tert-OH is 1. The third-order valence-electron chi connectivity index (χ3n) is 7.31. The van der Waals surface area contributed by atoms with E-state index in [-0.39, 0.29) is 18.4 Å². The lowest BCUT2D eigenvalue weighted by Gasteiger charge is -2.56. The number of likely N-dealkylation sites (tertiary alicyclic amines) is 1. The molecule has 1 saturated heterocycles. The van der Waals surface area contributed by atoms with Gasteiger partial charge in [-0.25, -0.2) is 0 Å². The van der Waals surface area contributed by atoms with E-state index in [1.807, 2.05) is 18.2 Å². The Hall–Kier alpha value is -4.24. The third kappa shape index (κ3) is 3.35. The van der Waals surface area contributed by atoms with Gasteiger partial charge in [0.25, 0.3) is 11.8 Å². The summed E-state index contributed by atoms with van der Waals surface area (Å²) in [5.41, 5.74) is 3.33. The van der Waals surface area contributed by atoms with Crippen LogP contribution in [0.4, 0.5) is 0 Å². The van der Waals surface area contributed by atoms with E-state index in [2.05, 4.69) is 15.0 Å². The smallest absolute Gasteiger partial charge is 0.254 e. The first-order valence-electron chi connectivity index (χ1n) is 11.8. The number of fused-ring (bicyclic) bond motifs is 4. The second kappa shape index (κ2) is 8.46. The Bertz CT molecular complexity index is 1450. The van der Waals surface area contributed by atoms with E-state index in [0.717, 1.165) is 22.2 Å². The molecule has 2 amide bonds. The Morgan fingerprint density at radius 3 is 2.25 bits per heavy atom. The maximum absolute atomic E-state index is 13.6. The van der Waals surface area contributed by atoms with E-state index < -0.39 is 11.5 Å². The van der Waals surface area contributed by atoms with Gasteiger partial charge in [0.15, 0.2) is 0 Å². The van der Waals surface area contributed by atoms with E-state index in [0.29, 0.717) is 36.5 Å². The molecule has 0 aliphatic carbocycles. The van der Waals surface area contributed by atoms with Gasteiger partial charge in [-0.3, -0.25) is 19.6 Å². The zero-order valence-corrected chi connectivity index (χ0v) is 19.7. The van der Waals surface area contributed by atoms with Crippen molar-refractivity contribution in [3.05, 3.63) is 89.6 Å². The second-order valence-electron chi connectivity index (χ2n) is 9.37. The summed E-state index contributed by atoms with van der Waals surface area (Å²) in [4.78, 5) is 41.8. The van der Waals surface area contributed by atoms with E-state index in [1.165, 1.54) is 0 Å². The average Bonchev–Trinajstić information content (AvgIpc) is 3.30. The number of nitrogens with zero attached hydrogens (tertiary/aromatic N) is 4. The molecular weight excluding hydrogens is 458 g/mol. The van der Waals surface area contributed by atoms with Gasteiger partial charge in [0.2, 0.25) is 0 Å². The topological polar surface area (TPSA) is 112 Å². The molecule has 1 aromatic carbocycles. The van der Waals surface area contributed by atoms with Gasteiger partial charge >= 0.3 is 0 Å². The number of amides is 2. The van der Waals surface area contributed by atoms with E-state index in [1.54, 1.807) is 66.0 Å². The highest BCUT2D eigenvalue weighted by Gasteiger charge is 2.55. The number of aromatic amines is 1. The lowest BCUT2D eigenvalue weighted by Crippen LogP contribution is -2.68. The molecule has 0 unspecified atom stereocenters. The number of hydrogen-bond donors (Lipinski definition) is 2. The molecule has 1 fully saturated rings. The lowest BCUT2D eigenvalue weighted by molar-refractivity contribution is 0.00305. The predicted molar refractivity (Wildman–Crippen MR) is 132 cm³/mol. The quantitative estimate of drug-likeness (QED) is 0.462. The number of aliphatic hydroxyl groups is 1. The van der Waals surface area contributed by atoms with Crippen molar-refractivity contribution in [2.45, 2.75) is 11.5 Å². The number of H-pyrrole nitrogens is 1. The molecule has 0 bridgehead atoms. The number of benzene rings is 1. The summed E-state index contributed by atoms with van der Waals surface area (Å²) in [7, 11) is 1.62. The SMILES string of the molecule is COc1ccc2c3c([nH]c2c1)[C@@H](CO)N(C(=O)c1ccncc1)CC31CN(C(=O)c2ccncc2)C1. The van der Waals surface area contributed by atoms with Gasteiger partial charge in [-0.2, -0.15) is 0 Å². The van der Waals surface area contributed by atoms with Crippen LogP contribution in [0.2, 0.25) is 0 Å². The molecular formula is C27H25N5O4. The second-order valence-corrected chi connectivity index (χ2v) is 9.37. The largest absolute Gasteiger partial charge is 0.497 e. The van der Waals surface area contributed by atoms with Gasteiger partial charge in [0.05, 0.1) is 25.2 Å². The number of aromatic nitrogens is 3. The molecule has 0 radical (unpaired) electrons. The molecule has 9 heteroatoms. The highest BCUT2D eigenvalue weighted by molar-refractivity contribution is 5.97. The minimum atomic E-state index is -0.547. The Kier molecular flexibility index (Phi) is 5.22. The van der Waals surface area contributed by atoms with Gasteiger partial charge in [0.1, 0.15) is 5.75 Å². The first-order chi connectivity index (χ1) is 17.5. The lowest BCUT2D eigenvalue weighted by atomic mass is 9.68. The zero-order valence-electron chi connectivity index (χ0n) is 19.7. The van der Waals surface area contributed by atoms with Crippen LogP contribution in [0, 0.1) is 0 Å². The van der Waals surface area contributed by atoms with Crippen LogP contribution in [0.25, 0.3) is 10.9 Å². The van der Waals surface area contributed by atoms with Crippen molar-refractivity contribution in [3.8, 4) is 5.75 Å². The van der Waals surface area contributed by atoms with Crippen LogP contribution >= 0.6 is 0 Å². The fraction of sp³-hybridized carbons (Fsp3) is 0.259. The molecule has 36 heavy (non-hydrogen) atoms. The maximum atomic E-state index is 13.6. The van der Waals surface area contributed by atoms with Crippen molar-refractivity contribution in [2.24, 2.45) is 0 Å². The summed E-state index contributed by atoms with van der Waals surface area (Å²) in [6, 6.07) is 12.1. The molecule has 2 N–H and O–H groups in total. The van der Waals surface area contributed by atoms with Crippen molar-refractivity contribution >= 4 is 22.7 Å². The molecule has 5 heterocycles. The van der Waals surface area contributed by atoms with Gasteiger partial charge in [-0.1, -0.05) is 0 Å². The Morgan fingerprint density at radius 2 is 1.64 bits per heavy atom. The maximum Gasteiger partial charge on any atom is 0.254 e. The number of rotatable bonds is 4. The molecule has 1 atom stereocenters. The van der Waals surface area contributed by atoms with Crippen LogP contribution in [0.15, 0.2) is 67.3 Å². The van der Waals surface area contributed by atoms with Crippen molar-refractivity contribution in [2.75, 3.05) is 33.4 Å². The Labute approximate surface area is 207 Å². The van der Waals surface area contributed by atoms with Gasteiger partial charge in [-0.05, 0) is 42.0 Å². The van der Waals surface area contributed by atoms with E-state index in [9.17, 15) is 14.7 Å². The van der Waals surface area contributed by atoms with Crippen molar-refractivity contribution in [1.82, 2.24) is 24.8 Å². The first kappa shape index (κ1) is 22.2. The van der Waals surface area contributed by atoms with Crippen molar-refractivity contribution in [3.63, 3.8) is 0 Å². The molecule has 6 rings (SSSR count). The summed E-state index contributed by atoms with van der Waals surface area (Å²) in [5.74, 6) is 0.461. The summed E-state index contributed by atoms with van der Waals surface area (Å²) >= 11 is 0. The van der Waals surface area contributed by atoms with Crippen LogP contribution in [-0.2, 0) is 5.41 Å². The monoisotopic (exact) mass is 483 g/mol. The molecule has 182 valence electrons. The molecule has 4 aromatic rings. The molecule has 0 saturated carbocycles. The van der Waals surface area contributed by atoms with Crippen LogP contribution < -0.4 is 4.74 Å². The van der Waals surface area contributed by atoms with Gasteiger partial charge in [-0.15, -0.1) is 0 Å². The third-order valence-corrected chi connectivity index (χ3v) is 7.31. The fourth-order valence-corrected chi connectivity index (χ4v) is 5.64. The number of methoxy groups -OCH3 is 1. The predicted octanol–water partition coefficient (Wildman–Crippen LogP) is 2.55. The van der Waals surface area contributed by atoms with Crippen LogP contribution in [0.5, 0.6) is 5.75 Å². The van der Waals surface area contributed by atoms with E-state index in [4.69, 9.17) is 4.74 Å². The highest BCUT2D eigenvalue weighted by atomic mass is 16.5. The minimum absolute atomic E-state index is 0.0672. The van der Waals surface area contributed by atoms with Crippen LogP contribution in [-0.4, -0.2) is 75.0 Å². The van der Waals surface area contributed by atoms with Gasteiger partial charge < -0.3 is 24.6 Å². The first-order valence-corrected chi connectivity index (χ1v) is 11.8. The van der Waals surface area contributed by atoms with Crippen LogP contribution in [0.3, 0.4) is 0 Å². The number of nitrogens with one attached hydrogen (secondary N) is 1. The zero-order chi connectivity index (χ0) is 24.9. The summed E-state index contributed by atoms with van der Waals surface area (Å²) in [6.45, 7) is 1.06. The number of ether oxygens (including phenoxy) is 1. The summed E-state index contributed by atoms with van der Waals surface area (Å²) in [6.07, 6.45) is 6.38. The number of carbonyl (C=O) groups excluding carboxylic acids is 2. The molecule has 2 aliphatic rings. The summed E-state index contributed by atoms with van der Waals surface area (Å²) < 4.78 is 5.42. The van der Waals surface area contributed by atoms with Crippen molar-refractivity contribution < 1.29 is 19.4 Å². The Balaban J connectivity index is 1.44. The Morgan fingerprint density at radius 1 is 1.00 bits per heavy atom. The van der Waals surface area contributed by atoms with Crippen molar-refractivity contribution in [1.29, 1.82) is 0 Å². The molecule has 1 spiro atoms. The number of carbonyl (C=O) groups is 2. The van der Waals surface area contributed by atoms with Crippen LogP contribution in [0.1, 0.15) is 38.0 Å². The minimum Gasteiger partial charge on any atom is -0.497 e. The highest BCUT2D eigenvalue weighted by Crippen LogP contribution is 2.49.